The summed E-state index contributed by atoms with van der Waals surface area (Å²) in [4.78, 5) is 39.6. The molecule has 0 aromatic heterocycles. The minimum atomic E-state index is -0.488. The van der Waals surface area contributed by atoms with E-state index in [2.05, 4.69) is 6.92 Å². The van der Waals surface area contributed by atoms with Crippen molar-refractivity contribution in [3.63, 3.8) is 0 Å². The molecule has 2 aliphatic rings. The lowest BCUT2D eigenvalue weighted by Crippen LogP contribution is -2.49. The van der Waals surface area contributed by atoms with Gasteiger partial charge in [-0.25, -0.2) is 0 Å². The lowest BCUT2D eigenvalue weighted by atomic mass is 9.89. The number of benzene rings is 1. The molecule has 1 aromatic carbocycles. The Morgan fingerprint density at radius 1 is 1.19 bits per heavy atom. The first-order chi connectivity index (χ1) is 12.3. The second-order valence-corrected chi connectivity index (χ2v) is 7.34. The van der Waals surface area contributed by atoms with Gasteiger partial charge < -0.3 is 21.3 Å². The molecule has 4 N–H and O–H groups in total. The highest BCUT2D eigenvalue weighted by Crippen LogP contribution is 2.35. The highest BCUT2D eigenvalue weighted by atomic mass is 16.2. The number of hydrogen-bond acceptors (Lipinski definition) is 4. The van der Waals surface area contributed by atoms with E-state index in [9.17, 15) is 14.4 Å². The first-order valence-corrected chi connectivity index (χ1v) is 9.08. The van der Waals surface area contributed by atoms with Gasteiger partial charge in [-0.15, -0.1) is 0 Å². The first-order valence-electron chi connectivity index (χ1n) is 9.08. The van der Waals surface area contributed by atoms with Crippen LogP contribution in [0.2, 0.25) is 0 Å². The highest BCUT2D eigenvalue weighted by Gasteiger charge is 2.36. The summed E-state index contributed by atoms with van der Waals surface area (Å²) in [5, 5.41) is 0. The molecule has 0 saturated carbocycles. The third-order valence-corrected chi connectivity index (χ3v) is 5.56. The average Bonchev–Trinajstić information content (AvgIpc) is 2.95. The molecule has 0 aliphatic carbocycles. The van der Waals surface area contributed by atoms with Crippen LogP contribution in [0, 0.1) is 5.92 Å². The van der Waals surface area contributed by atoms with Gasteiger partial charge in [0, 0.05) is 30.4 Å². The lowest BCUT2D eigenvalue weighted by molar-refractivity contribution is -0.133. The molecule has 2 aliphatic heterocycles. The van der Waals surface area contributed by atoms with Crippen molar-refractivity contribution in [1.82, 2.24) is 4.90 Å². The number of nitrogens with zero attached hydrogens (tertiary/aromatic N) is 2. The van der Waals surface area contributed by atoms with Crippen LogP contribution in [-0.2, 0) is 16.0 Å². The van der Waals surface area contributed by atoms with Crippen molar-refractivity contribution < 1.29 is 14.4 Å². The molecule has 26 heavy (non-hydrogen) atoms. The summed E-state index contributed by atoms with van der Waals surface area (Å²) >= 11 is 0. The third-order valence-electron chi connectivity index (χ3n) is 5.56. The highest BCUT2D eigenvalue weighted by molar-refractivity contribution is 6.03. The maximum Gasteiger partial charge on any atom is 0.248 e. The molecular formula is C19H26N4O3. The summed E-state index contributed by atoms with van der Waals surface area (Å²) in [6, 6.07) is 4.76. The van der Waals surface area contributed by atoms with Gasteiger partial charge in [-0.1, -0.05) is 0 Å². The number of amides is 3. The molecule has 2 heterocycles. The summed E-state index contributed by atoms with van der Waals surface area (Å²) in [5.41, 5.74) is 13.2. The molecule has 3 rings (SSSR count). The monoisotopic (exact) mass is 358 g/mol. The zero-order valence-corrected chi connectivity index (χ0v) is 15.3. The minimum Gasteiger partial charge on any atom is -0.366 e. The molecule has 7 nitrogen and oxygen atoms in total. The van der Waals surface area contributed by atoms with Gasteiger partial charge in [0.15, 0.2) is 0 Å². The molecule has 1 aromatic rings. The van der Waals surface area contributed by atoms with Gasteiger partial charge in [-0.2, -0.15) is 0 Å². The Morgan fingerprint density at radius 2 is 1.85 bits per heavy atom. The maximum absolute atomic E-state index is 12.6. The van der Waals surface area contributed by atoms with E-state index in [1.807, 2.05) is 15.9 Å². The van der Waals surface area contributed by atoms with Crippen molar-refractivity contribution in [3.8, 4) is 0 Å². The van der Waals surface area contributed by atoms with Crippen molar-refractivity contribution in [2.75, 3.05) is 18.0 Å². The van der Waals surface area contributed by atoms with Crippen LogP contribution < -0.4 is 16.4 Å². The number of rotatable bonds is 4. The number of primary amides is 1. The van der Waals surface area contributed by atoms with Gasteiger partial charge in [0.1, 0.15) is 0 Å². The van der Waals surface area contributed by atoms with Crippen LogP contribution in [0.15, 0.2) is 18.2 Å². The van der Waals surface area contributed by atoms with Crippen LogP contribution >= 0.6 is 0 Å². The molecule has 140 valence electrons. The van der Waals surface area contributed by atoms with Crippen LogP contribution in [0.25, 0.3) is 0 Å². The second-order valence-electron chi connectivity index (χ2n) is 7.34. The zero-order valence-electron chi connectivity index (χ0n) is 15.3. The normalized spacial score (nSPS) is 20.0. The van der Waals surface area contributed by atoms with Gasteiger partial charge in [0.05, 0.1) is 12.5 Å². The number of carbonyl (C=O) groups excluding carboxylic acids is 3. The largest absolute Gasteiger partial charge is 0.366 e. The number of nitrogens with two attached hydrogens (primary N) is 2. The Bertz CT molecular complexity index is 738. The van der Waals surface area contributed by atoms with Gasteiger partial charge in [0.25, 0.3) is 0 Å². The van der Waals surface area contributed by atoms with Crippen LogP contribution in [0.1, 0.15) is 42.6 Å². The van der Waals surface area contributed by atoms with E-state index >= 15 is 0 Å². The molecule has 0 bridgehead atoms. The summed E-state index contributed by atoms with van der Waals surface area (Å²) in [6.45, 7) is 5.11. The summed E-state index contributed by atoms with van der Waals surface area (Å²) in [7, 11) is 0. The van der Waals surface area contributed by atoms with E-state index in [0.29, 0.717) is 31.0 Å². The number of anilines is 1. The minimum absolute atomic E-state index is 0.0160. The first kappa shape index (κ1) is 18.4. The predicted octanol–water partition coefficient (Wildman–Crippen LogP) is 0.649. The van der Waals surface area contributed by atoms with E-state index in [1.165, 1.54) is 0 Å². The SMILES string of the molecule is CC(C1CCN(C(=O)[C@H](C)N)CC1)N1C(=O)Cc2cc(C(N)=O)ccc21. The molecule has 1 saturated heterocycles. The third kappa shape index (κ3) is 3.31. The average molecular weight is 358 g/mol. The fraction of sp³-hybridized carbons (Fsp3) is 0.526. The van der Waals surface area contributed by atoms with Crippen LogP contribution in [0.5, 0.6) is 0 Å². The van der Waals surface area contributed by atoms with E-state index in [-0.39, 0.29) is 17.9 Å². The van der Waals surface area contributed by atoms with Gasteiger partial charge >= 0.3 is 0 Å². The van der Waals surface area contributed by atoms with Gasteiger partial charge in [-0.05, 0) is 56.4 Å². The Balaban J connectivity index is 1.72. The van der Waals surface area contributed by atoms with Gasteiger partial charge in [0.2, 0.25) is 17.7 Å². The van der Waals surface area contributed by atoms with Crippen molar-refractivity contribution >= 4 is 23.4 Å². The van der Waals surface area contributed by atoms with Crippen molar-refractivity contribution in [1.29, 1.82) is 0 Å². The quantitative estimate of drug-likeness (QED) is 0.823. The second kappa shape index (κ2) is 7.07. The van der Waals surface area contributed by atoms with Crippen LogP contribution in [-0.4, -0.2) is 47.8 Å². The van der Waals surface area contributed by atoms with E-state index in [4.69, 9.17) is 11.5 Å². The van der Waals surface area contributed by atoms with E-state index in [0.717, 1.165) is 24.1 Å². The molecule has 1 fully saturated rings. The molecule has 0 spiro atoms. The topological polar surface area (TPSA) is 110 Å². The van der Waals surface area contributed by atoms with Crippen LogP contribution in [0.3, 0.4) is 0 Å². The number of likely N-dealkylation sites (tertiary alicyclic amines) is 1. The molecule has 7 heteroatoms. The standard InChI is InChI=1S/C19H26N4O3/c1-11(20)19(26)22-7-5-13(6-8-22)12(2)23-16-4-3-14(18(21)25)9-15(16)10-17(23)24/h3-4,9,11-13H,5-8,10,20H2,1-2H3,(H2,21,25)/t11-,12?/m0/s1. The zero-order chi connectivity index (χ0) is 19.0. The number of carbonyl (C=O) groups is 3. The number of hydrogen-bond donors (Lipinski definition) is 2. The summed E-state index contributed by atoms with van der Waals surface area (Å²) in [6.07, 6.45) is 1.99. The molecule has 0 radical (unpaired) electrons. The fourth-order valence-corrected chi connectivity index (χ4v) is 4.05. The summed E-state index contributed by atoms with van der Waals surface area (Å²) in [5.74, 6) is -0.142. The maximum atomic E-state index is 12.6. The van der Waals surface area contributed by atoms with E-state index in [1.54, 1.807) is 19.1 Å². The number of piperidine rings is 1. The Morgan fingerprint density at radius 3 is 2.42 bits per heavy atom. The fourth-order valence-electron chi connectivity index (χ4n) is 4.05. The Hall–Kier alpha value is -2.41. The molecular weight excluding hydrogens is 332 g/mol. The smallest absolute Gasteiger partial charge is 0.248 e. The molecule has 3 amide bonds. The molecule has 1 unspecified atom stereocenters. The van der Waals surface area contributed by atoms with Crippen molar-refractivity contribution in [3.05, 3.63) is 29.3 Å². The van der Waals surface area contributed by atoms with Crippen molar-refractivity contribution in [2.24, 2.45) is 17.4 Å². The van der Waals surface area contributed by atoms with E-state index < -0.39 is 11.9 Å². The summed E-state index contributed by atoms with van der Waals surface area (Å²) < 4.78 is 0. The Kier molecular flexibility index (Phi) is 5.00. The lowest BCUT2D eigenvalue weighted by Gasteiger charge is -2.39. The number of fused-ring (bicyclic) bond motifs is 1. The predicted molar refractivity (Wildman–Crippen MR) is 98.6 cm³/mol. The van der Waals surface area contributed by atoms with Crippen molar-refractivity contribution in [2.45, 2.75) is 45.2 Å². The van der Waals surface area contributed by atoms with Gasteiger partial charge in [-0.3, -0.25) is 14.4 Å². The molecule has 2 atom stereocenters. The Labute approximate surface area is 153 Å². The van der Waals surface area contributed by atoms with Crippen LogP contribution in [0.4, 0.5) is 5.69 Å².